The van der Waals surface area contributed by atoms with Gasteiger partial charge in [-0.1, -0.05) is 39.4 Å². The summed E-state index contributed by atoms with van der Waals surface area (Å²) in [6.45, 7) is 0. The average Bonchev–Trinajstić information content (AvgIpc) is 3.22. The van der Waals surface area contributed by atoms with E-state index in [-0.39, 0.29) is 5.56 Å². The van der Waals surface area contributed by atoms with Gasteiger partial charge in [0.2, 0.25) is 4.96 Å². The molecular formula is C19H14BrN3O3S. The first-order valence-electron chi connectivity index (χ1n) is 7.98. The monoisotopic (exact) mass is 443 g/mol. The molecule has 0 fully saturated rings. The van der Waals surface area contributed by atoms with Crippen LogP contribution in [0.1, 0.15) is 5.56 Å². The third kappa shape index (κ3) is 3.33. The van der Waals surface area contributed by atoms with E-state index in [9.17, 15) is 4.79 Å². The van der Waals surface area contributed by atoms with Crippen molar-refractivity contribution in [2.45, 2.75) is 0 Å². The molecule has 6 nitrogen and oxygen atoms in total. The Bertz CT molecular complexity index is 1230. The van der Waals surface area contributed by atoms with Gasteiger partial charge >= 0.3 is 0 Å². The van der Waals surface area contributed by atoms with Gasteiger partial charge in [0.05, 0.1) is 18.8 Å². The summed E-state index contributed by atoms with van der Waals surface area (Å²) in [6.07, 6.45) is 1.77. The van der Waals surface area contributed by atoms with Crippen LogP contribution in [0.5, 0.6) is 11.5 Å². The lowest BCUT2D eigenvalue weighted by molar-refractivity contribution is 0.402. The predicted octanol–water partition coefficient (Wildman–Crippen LogP) is 3.15. The van der Waals surface area contributed by atoms with E-state index in [1.165, 1.54) is 15.9 Å². The summed E-state index contributed by atoms with van der Waals surface area (Å²) in [4.78, 5) is 17.8. The van der Waals surface area contributed by atoms with Crippen LogP contribution in [-0.2, 0) is 0 Å². The van der Waals surface area contributed by atoms with Crippen molar-refractivity contribution in [2.75, 3.05) is 14.2 Å². The van der Waals surface area contributed by atoms with E-state index in [0.29, 0.717) is 26.8 Å². The van der Waals surface area contributed by atoms with Crippen molar-refractivity contribution in [3.05, 3.63) is 67.4 Å². The lowest BCUT2D eigenvalue weighted by Crippen LogP contribution is -2.23. The number of thiazole rings is 1. The third-order valence-corrected chi connectivity index (χ3v) is 5.50. The van der Waals surface area contributed by atoms with E-state index in [0.717, 1.165) is 15.6 Å². The summed E-state index contributed by atoms with van der Waals surface area (Å²) in [5.41, 5.74) is 1.40. The summed E-state index contributed by atoms with van der Waals surface area (Å²) < 4.78 is 13.5. The van der Waals surface area contributed by atoms with Crippen LogP contribution in [-0.4, -0.2) is 28.8 Å². The van der Waals surface area contributed by atoms with Crippen molar-refractivity contribution in [3.8, 4) is 22.9 Å². The fraction of sp³-hybridized carbons (Fsp3) is 0.105. The standard InChI is InChI=1S/C19H14BrN3O3S/c1-25-14-7-8-15(26-2)12(9-14)10-16-18(24)23-19(27-16)21-17(22-23)11-3-5-13(20)6-4-11/h3-10H,1-2H3/b16-10-. The van der Waals surface area contributed by atoms with Crippen LogP contribution >= 0.6 is 27.3 Å². The maximum atomic E-state index is 12.7. The molecule has 0 aliphatic carbocycles. The molecule has 0 atom stereocenters. The Morgan fingerprint density at radius 2 is 1.89 bits per heavy atom. The van der Waals surface area contributed by atoms with Gasteiger partial charge in [-0.25, -0.2) is 0 Å². The molecule has 0 aliphatic rings. The van der Waals surface area contributed by atoms with Gasteiger partial charge in [0.1, 0.15) is 11.5 Å². The summed E-state index contributed by atoms with van der Waals surface area (Å²) >= 11 is 4.69. The molecule has 4 aromatic rings. The van der Waals surface area contributed by atoms with Gasteiger partial charge in [-0.15, -0.1) is 5.10 Å². The molecule has 8 heteroatoms. The number of methoxy groups -OCH3 is 2. The van der Waals surface area contributed by atoms with Gasteiger partial charge in [-0.05, 0) is 36.4 Å². The van der Waals surface area contributed by atoms with Crippen molar-refractivity contribution in [3.63, 3.8) is 0 Å². The number of benzene rings is 2. The zero-order valence-corrected chi connectivity index (χ0v) is 16.9. The molecule has 0 aliphatic heterocycles. The number of nitrogens with zero attached hydrogens (tertiary/aromatic N) is 3. The van der Waals surface area contributed by atoms with E-state index >= 15 is 0 Å². The topological polar surface area (TPSA) is 65.7 Å². The maximum absolute atomic E-state index is 12.7. The Kier molecular flexibility index (Phi) is 4.67. The zero-order chi connectivity index (χ0) is 19.0. The molecular weight excluding hydrogens is 430 g/mol. The highest BCUT2D eigenvalue weighted by Gasteiger charge is 2.12. The lowest BCUT2D eigenvalue weighted by atomic mass is 10.2. The van der Waals surface area contributed by atoms with E-state index in [2.05, 4.69) is 26.0 Å². The third-order valence-electron chi connectivity index (χ3n) is 4.01. The van der Waals surface area contributed by atoms with Crippen LogP contribution in [0.15, 0.2) is 51.7 Å². The molecule has 0 amide bonds. The molecule has 27 heavy (non-hydrogen) atoms. The zero-order valence-electron chi connectivity index (χ0n) is 14.5. The minimum absolute atomic E-state index is 0.212. The normalized spacial score (nSPS) is 11.9. The van der Waals surface area contributed by atoms with Gasteiger partial charge in [-0.3, -0.25) is 4.79 Å². The second-order valence-electron chi connectivity index (χ2n) is 5.66. The second kappa shape index (κ2) is 7.13. The van der Waals surface area contributed by atoms with E-state index in [1.54, 1.807) is 26.4 Å². The molecule has 0 bridgehead atoms. The first-order valence-corrected chi connectivity index (χ1v) is 9.59. The van der Waals surface area contributed by atoms with Gasteiger partial charge in [0.25, 0.3) is 5.56 Å². The first kappa shape index (κ1) is 17.7. The van der Waals surface area contributed by atoms with E-state index < -0.39 is 0 Å². The molecule has 0 radical (unpaired) electrons. The number of hydrogen-bond acceptors (Lipinski definition) is 6. The van der Waals surface area contributed by atoms with Gasteiger partial charge < -0.3 is 9.47 Å². The fourth-order valence-corrected chi connectivity index (χ4v) is 3.81. The highest BCUT2D eigenvalue weighted by Crippen LogP contribution is 2.24. The van der Waals surface area contributed by atoms with Crippen LogP contribution in [0.3, 0.4) is 0 Å². The van der Waals surface area contributed by atoms with Crippen LogP contribution < -0.4 is 19.6 Å². The van der Waals surface area contributed by atoms with Crippen LogP contribution in [0.2, 0.25) is 0 Å². The Hall–Kier alpha value is -2.71. The van der Waals surface area contributed by atoms with Gasteiger partial charge in [0, 0.05) is 15.6 Å². The minimum atomic E-state index is -0.212. The van der Waals surface area contributed by atoms with Crippen molar-refractivity contribution < 1.29 is 9.47 Å². The summed E-state index contributed by atoms with van der Waals surface area (Å²) in [5, 5.41) is 4.36. The minimum Gasteiger partial charge on any atom is -0.497 e. The number of rotatable bonds is 4. The molecule has 4 rings (SSSR count). The number of ether oxygens (including phenoxy) is 2. The Labute approximate surface area is 166 Å². The van der Waals surface area contributed by atoms with Crippen molar-refractivity contribution >= 4 is 38.3 Å². The smallest absolute Gasteiger partial charge is 0.291 e. The van der Waals surface area contributed by atoms with Crippen molar-refractivity contribution in [1.29, 1.82) is 0 Å². The van der Waals surface area contributed by atoms with Crippen molar-refractivity contribution in [2.24, 2.45) is 0 Å². The Balaban J connectivity index is 1.81. The molecule has 0 spiro atoms. The molecule has 136 valence electrons. The summed E-state index contributed by atoms with van der Waals surface area (Å²) in [6, 6.07) is 13.1. The Morgan fingerprint density at radius 1 is 1.11 bits per heavy atom. The van der Waals surface area contributed by atoms with Crippen LogP contribution in [0.4, 0.5) is 0 Å². The van der Waals surface area contributed by atoms with Gasteiger partial charge in [0.15, 0.2) is 5.82 Å². The summed E-state index contributed by atoms with van der Waals surface area (Å²) in [7, 11) is 3.18. The second-order valence-corrected chi connectivity index (χ2v) is 7.59. The van der Waals surface area contributed by atoms with Gasteiger partial charge in [-0.2, -0.15) is 9.50 Å². The molecule has 0 saturated carbocycles. The highest BCUT2D eigenvalue weighted by atomic mass is 79.9. The number of fused-ring (bicyclic) bond motifs is 1. The lowest BCUT2D eigenvalue weighted by Gasteiger charge is -2.06. The summed E-state index contributed by atoms with van der Waals surface area (Å²) in [5.74, 6) is 1.87. The Morgan fingerprint density at radius 3 is 2.56 bits per heavy atom. The number of halogens is 1. The number of aromatic nitrogens is 3. The van der Waals surface area contributed by atoms with Crippen LogP contribution in [0.25, 0.3) is 22.4 Å². The molecule has 2 heterocycles. The number of hydrogen-bond donors (Lipinski definition) is 0. The fourth-order valence-electron chi connectivity index (χ4n) is 2.65. The van der Waals surface area contributed by atoms with E-state index in [1.807, 2.05) is 36.4 Å². The molecule has 0 unspecified atom stereocenters. The SMILES string of the molecule is COc1ccc(OC)c(/C=c2\sc3nc(-c4ccc(Br)cc4)nn3c2=O)c1. The largest absolute Gasteiger partial charge is 0.497 e. The quantitative estimate of drug-likeness (QED) is 0.484. The molecule has 0 N–H and O–H groups in total. The highest BCUT2D eigenvalue weighted by molar-refractivity contribution is 9.10. The molecule has 2 aromatic carbocycles. The average molecular weight is 444 g/mol. The van der Waals surface area contributed by atoms with E-state index in [4.69, 9.17) is 9.47 Å². The van der Waals surface area contributed by atoms with Crippen LogP contribution in [0, 0.1) is 0 Å². The first-order chi connectivity index (χ1) is 13.1. The van der Waals surface area contributed by atoms with Crippen molar-refractivity contribution in [1.82, 2.24) is 14.6 Å². The molecule has 0 saturated heterocycles. The predicted molar refractivity (Wildman–Crippen MR) is 109 cm³/mol. The molecule has 2 aromatic heterocycles. The maximum Gasteiger partial charge on any atom is 0.291 e.